The third-order valence-electron chi connectivity index (χ3n) is 4.15. The minimum Gasteiger partial charge on any atom is -0.480 e. The van der Waals surface area contributed by atoms with Crippen LogP contribution in [0.2, 0.25) is 0 Å². The van der Waals surface area contributed by atoms with Gasteiger partial charge in [-0.15, -0.1) is 0 Å². The predicted octanol–water partition coefficient (Wildman–Crippen LogP) is 1.66. The second-order valence-corrected chi connectivity index (χ2v) is 5.99. The molecule has 8 heteroatoms. The smallest absolute Gasteiger partial charge is 0.410 e. The van der Waals surface area contributed by atoms with Crippen molar-refractivity contribution in [3.8, 4) is 6.07 Å². The summed E-state index contributed by atoms with van der Waals surface area (Å²) in [5.41, 5.74) is 0.837. The maximum atomic E-state index is 12.4. The topological polar surface area (TPSA) is 120 Å². The van der Waals surface area contributed by atoms with Crippen LogP contribution in [0.3, 0.4) is 0 Å². The van der Waals surface area contributed by atoms with Crippen LogP contribution in [0.1, 0.15) is 31.2 Å². The standard InChI is InChI=1S/C18H21N3O5/c19-10-4-8-14(17(23)24)20-16(22)15-9-5-11-21(15)18(25)26-12-13-6-2-1-3-7-13/h1-3,6-7,14-15H,4-5,8-9,11-12H2,(H,20,22)(H,23,24)/t14-,15+/m0/s1. The Hall–Kier alpha value is -3.08. The summed E-state index contributed by atoms with van der Waals surface area (Å²) in [6.07, 6.45) is 0.508. The number of nitrogens with one attached hydrogen (secondary N) is 1. The Balaban J connectivity index is 1.93. The molecule has 138 valence electrons. The van der Waals surface area contributed by atoms with Crippen LogP contribution in [0, 0.1) is 11.3 Å². The molecule has 0 unspecified atom stereocenters. The van der Waals surface area contributed by atoms with Gasteiger partial charge in [0.1, 0.15) is 18.7 Å². The number of carboxylic acids is 1. The molecule has 1 aromatic carbocycles. The van der Waals surface area contributed by atoms with Crippen LogP contribution in [-0.2, 0) is 20.9 Å². The van der Waals surface area contributed by atoms with Gasteiger partial charge in [-0.25, -0.2) is 9.59 Å². The average molecular weight is 359 g/mol. The van der Waals surface area contributed by atoms with Crippen molar-refractivity contribution in [2.45, 2.75) is 44.4 Å². The fraction of sp³-hybridized carbons (Fsp3) is 0.444. The monoisotopic (exact) mass is 359 g/mol. The molecular weight excluding hydrogens is 338 g/mol. The molecular formula is C18H21N3O5. The molecule has 2 N–H and O–H groups in total. The van der Waals surface area contributed by atoms with Gasteiger partial charge in [0.05, 0.1) is 6.07 Å². The van der Waals surface area contributed by atoms with Crippen LogP contribution in [0.25, 0.3) is 0 Å². The molecule has 1 fully saturated rings. The maximum Gasteiger partial charge on any atom is 0.410 e. The van der Waals surface area contributed by atoms with E-state index in [0.29, 0.717) is 19.4 Å². The molecule has 1 aromatic rings. The lowest BCUT2D eigenvalue weighted by Crippen LogP contribution is -2.50. The highest BCUT2D eigenvalue weighted by molar-refractivity contribution is 5.89. The van der Waals surface area contributed by atoms with Crippen molar-refractivity contribution in [3.05, 3.63) is 35.9 Å². The van der Waals surface area contributed by atoms with Gasteiger partial charge in [-0.1, -0.05) is 30.3 Å². The van der Waals surface area contributed by atoms with E-state index in [-0.39, 0.29) is 19.4 Å². The highest BCUT2D eigenvalue weighted by Crippen LogP contribution is 2.19. The summed E-state index contributed by atoms with van der Waals surface area (Å²) >= 11 is 0. The van der Waals surface area contributed by atoms with E-state index in [1.54, 1.807) is 0 Å². The molecule has 0 saturated carbocycles. The van der Waals surface area contributed by atoms with E-state index in [1.807, 2.05) is 36.4 Å². The average Bonchev–Trinajstić information content (AvgIpc) is 3.13. The minimum atomic E-state index is -1.20. The minimum absolute atomic E-state index is 0.0166. The Kier molecular flexibility index (Phi) is 6.97. The Morgan fingerprint density at radius 2 is 2.08 bits per heavy atom. The van der Waals surface area contributed by atoms with Crippen molar-refractivity contribution in [2.75, 3.05) is 6.54 Å². The Bertz CT molecular complexity index is 686. The zero-order chi connectivity index (χ0) is 18.9. The van der Waals surface area contributed by atoms with Gasteiger partial charge in [0.15, 0.2) is 0 Å². The number of carbonyl (C=O) groups excluding carboxylic acids is 2. The molecule has 1 aliphatic heterocycles. The van der Waals surface area contributed by atoms with E-state index in [2.05, 4.69) is 5.32 Å². The number of amides is 2. The molecule has 1 heterocycles. The number of aliphatic carboxylic acids is 1. The van der Waals surface area contributed by atoms with Gasteiger partial charge in [-0.3, -0.25) is 9.69 Å². The van der Waals surface area contributed by atoms with Crippen molar-refractivity contribution in [2.24, 2.45) is 0 Å². The van der Waals surface area contributed by atoms with Crippen molar-refractivity contribution in [1.29, 1.82) is 5.26 Å². The summed E-state index contributed by atoms with van der Waals surface area (Å²) < 4.78 is 5.26. The lowest BCUT2D eigenvalue weighted by molar-refractivity contribution is -0.142. The molecule has 0 spiro atoms. The summed E-state index contributed by atoms with van der Waals surface area (Å²) in [6, 6.07) is 9.13. The van der Waals surface area contributed by atoms with E-state index in [4.69, 9.17) is 15.1 Å². The third kappa shape index (κ3) is 5.21. The summed E-state index contributed by atoms with van der Waals surface area (Å²) in [5.74, 6) is -1.74. The number of ether oxygens (including phenoxy) is 1. The zero-order valence-corrected chi connectivity index (χ0v) is 14.3. The molecule has 0 aliphatic carbocycles. The van der Waals surface area contributed by atoms with E-state index in [1.165, 1.54) is 4.90 Å². The van der Waals surface area contributed by atoms with Crippen molar-refractivity contribution < 1.29 is 24.2 Å². The molecule has 2 atom stereocenters. The molecule has 1 aliphatic rings. The molecule has 0 radical (unpaired) electrons. The Morgan fingerprint density at radius 3 is 2.73 bits per heavy atom. The fourth-order valence-corrected chi connectivity index (χ4v) is 2.79. The summed E-state index contributed by atoms with van der Waals surface area (Å²) in [6.45, 7) is 0.478. The normalized spacial score (nSPS) is 17.2. The number of nitriles is 1. The van der Waals surface area contributed by atoms with Crippen molar-refractivity contribution in [1.82, 2.24) is 10.2 Å². The summed E-state index contributed by atoms with van der Waals surface area (Å²) in [5, 5.41) is 20.1. The Labute approximate surface area is 151 Å². The first-order valence-electron chi connectivity index (χ1n) is 8.40. The van der Waals surface area contributed by atoms with E-state index in [0.717, 1.165) is 5.56 Å². The van der Waals surface area contributed by atoms with Crippen LogP contribution >= 0.6 is 0 Å². The molecule has 0 bridgehead atoms. The van der Waals surface area contributed by atoms with Gasteiger partial charge in [-0.05, 0) is 24.8 Å². The second-order valence-electron chi connectivity index (χ2n) is 5.99. The number of benzene rings is 1. The highest BCUT2D eigenvalue weighted by atomic mass is 16.6. The van der Waals surface area contributed by atoms with Gasteiger partial charge in [0.2, 0.25) is 5.91 Å². The number of hydrogen-bond donors (Lipinski definition) is 2. The van der Waals surface area contributed by atoms with Gasteiger partial charge < -0.3 is 15.2 Å². The van der Waals surface area contributed by atoms with Gasteiger partial charge in [0.25, 0.3) is 0 Å². The van der Waals surface area contributed by atoms with Crippen LogP contribution in [0.5, 0.6) is 0 Å². The quantitative estimate of drug-likeness (QED) is 0.764. The SMILES string of the molecule is N#CCC[C@H](NC(=O)[C@H]1CCCN1C(=O)OCc1ccccc1)C(=O)O. The first kappa shape index (κ1) is 19.2. The predicted molar refractivity (Wildman–Crippen MR) is 90.8 cm³/mol. The van der Waals surface area contributed by atoms with Crippen molar-refractivity contribution >= 4 is 18.0 Å². The van der Waals surface area contributed by atoms with E-state index >= 15 is 0 Å². The van der Waals surface area contributed by atoms with Crippen LogP contribution in [-0.4, -0.2) is 46.6 Å². The summed E-state index contributed by atoms with van der Waals surface area (Å²) in [7, 11) is 0. The van der Waals surface area contributed by atoms with Crippen LogP contribution < -0.4 is 5.32 Å². The third-order valence-corrected chi connectivity index (χ3v) is 4.15. The number of nitrogens with zero attached hydrogens (tertiary/aromatic N) is 2. The van der Waals surface area contributed by atoms with Gasteiger partial charge >= 0.3 is 12.1 Å². The van der Waals surface area contributed by atoms with E-state index in [9.17, 15) is 14.4 Å². The number of carbonyl (C=O) groups is 3. The number of likely N-dealkylation sites (tertiary alicyclic amines) is 1. The van der Waals surface area contributed by atoms with Crippen LogP contribution in [0.4, 0.5) is 4.79 Å². The molecule has 2 amide bonds. The number of rotatable bonds is 7. The first-order valence-corrected chi connectivity index (χ1v) is 8.40. The van der Waals surface area contributed by atoms with Gasteiger partial charge in [0, 0.05) is 13.0 Å². The summed E-state index contributed by atoms with van der Waals surface area (Å²) in [4.78, 5) is 37.2. The van der Waals surface area contributed by atoms with Crippen molar-refractivity contribution in [3.63, 3.8) is 0 Å². The van der Waals surface area contributed by atoms with E-state index < -0.39 is 30.1 Å². The number of carboxylic acid groups (broad SMARTS) is 1. The highest BCUT2D eigenvalue weighted by Gasteiger charge is 2.36. The molecule has 0 aromatic heterocycles. The lowest BCUT2D eigenvalue weighted by Gasteiger charge is -2.24. The molecule has 1 saturated heterocycles. The lowest BCUT2D eigenvalue weighted by atomic mass is 10.1. The first-order chi connectivity index (χ1) is 12.5. The van der Waals surface area contributed by atoms with Crippen LogP contribution in [0.15, 0.2) is 30.3 Å². The van der Waals surface area contributed by atoms with Gasteiger partial charge in [-0.2, -0.15) is 5.26 Å². The number of hydrogen-bond acceptors (Lipinski definition) is 5. The molecule has 26 heavy (non-hydrogen) atoms. The fourth-order valence-electron chi connectivity index (χ4n) is 2.79. The zero-order valence-electron chi connectivity index (χ0n) is 14.3. The maximum absolute atomic E-state index is 12.4. The molecule has 2 rings (SSSR count). The molecule has 8 nitrogen and oxygen atoms in total. The largest absolute Gasteiger partial charge is 0.480 e. The Morgan fingerprint density at radius 1 is 1.35 bits per heavy atom. The second kappa shape index (κ2) is 9.42.